The molecule has 0 aromatic heterocycles. The molecule has 24 heavy (non-hydrogen) atoms. The summed E-state index contributed by atoms with van der Waals surface area (Å²) in [5, 5.41) is 8.95. The standard InChI is InChI=1S/C22H26N2/c1-22(11-14-23)12-15-24(16-13-22)18-21-9-7-20(8-10-21)17-19-5-3-2-4-6-19/h2-10H,11-13,15-18H2,1H3. The Kier molecular flexibility index (Phi) is 5.33. The van der Waals surface area contributed by atoms with Crippen LogP contribution in [0, 0.1) is 16.7 Å². The highest BCUT2D eigenvalue weighted by atomic mass is 15.1. The van der Waals surface area contributed by atoms with Gasteiger partial charge in [0, 0.05) is 13.0 Å². The number of rotatable bonds is 5. The van der Waals surface area contributed by atoms with Crippen molar-refractivity contribution in [1.82, 2.24) is 4.90 Å². The average Bonchev–Trinajstić information content (AvgIpc) is 2.60. The molecule has 1 heterocycles. The molecule has 2 nitrogen and oxygen atoms in total. The molecule has 0 atom stereocenters. The molecule has 1 aliphatic heterocycles. The Morgan fingerprint density at radius 3 is 2.12 bits per heavy atom. The number of benzene rings is 2. The monoisotopic (exact) mass is 318 g/mol. The highest BCUT2D eigenvalue weighted by Crippen LogP contribution is 2.34. The van der Waals surface area contributed by atoms with E-state index in [1.807, 2.05) is 0 Å². The lowest BCUT2D eigenvalue weighted by atomic mass is 9.78. The van der Waals surface area contributed by atoms with Gasteiger partial charge in [0.25, 0.3) is 0 Å². The van der Waals surface area contributed by atoms with Crippen molar-refractivity contribution in [1.29, 1.82) is 5.26 Å². The molecule has 2 heteroatoms. The fourth-order valence-electron chi connectivity index (χ4n) is 3.47. The van der Waals surface area contributed by atoms with Gasteiger partial charge in [-0.1, -0.05) is 61.5 Å². The van der Waals surface area contributed by atoms with E-state index in [1.54, 1.807) is 0 Å². The van der Waals surface area contributed by atoms with Crippen molar-refractivity contribution in [3.05, 3.63) is 71.3 Å². The summed E-state index contributed by atoms with van der Waals surface area (Å²) in [6.45, 7) is 5.48. The molecular weight excluding hydrogens is 292 g/mol. The first kappa shape index (κ1) is 16.7. The minimum atomic E-state index is 0.227. The molecule has 0 N–H and O–H groups in total. The van der Waals surface area contributed by atoms with Gasteiger partial charge in [-0.3, -0.25) is 4.90 Å². The van der Waals surface area contributed by atoms with Crippen LogP contribution in [-0.4, -0.2) is 18.0 Å². The maximum absolute atomic E-state index is 8.95. The molecule has 3 rings (SSSR count). The summed E-state index contributed by atoms with van der Waals surface area (Å²) in [5.74, 6) is 0. The molecule has 0 unspecified atom stereocenters. The molecule has 1 fully saturated rings. The maximum Gasteiger partial charge on any atom is 0.0627 e. The van der Waals surface area contributed by atoms with Crippen LogP contribution < -0.4 is 0 Å². The summed E-state index contributed by atoms with van der Waals surface area (Å²) in [7, 11) is 0. The quantitative estimate of drug-likeness (QED) is 0.792. The smallest absolute Gasteiger partial charge is 0.0627 e. The van der Waals surface area contributed by atoms with E-state index in [0.717, 1.165) is 38.9 Å². The van der Waals surface area contributed by atoms with Gasteiger partial charge in [0.15, 0.2) is 0 Å². The van der Waals surface area contributed by atoms with Gasteiger partial charge in [-0.05, 0) is 54.5 Å². The van der Waals surface area contributed by atoms with E-state index >= 15 is 0 Å². The summed E-state index contributed by atoms with van der Waals surface area (Å²) >= 11 is 0. The van der Waals surface area contributed by atoms with E-state index < -0.39 is 0 Å². The SMILES string of the molecule is CC1(CC#N)CCN(Cc2ccc(Cc3ccccc3)cc2)CC1. The summed E-state index contributed by atoms with van der Waals surface area (Å²) in [4.78, 5) is 2.52. The maximum atomic E-state index is 8.95. The fraction of sp³-hybridized carbons (Fsp3) is 0.409. The van der Waals surface area contributed by atoms with Crippen molar-refractivity contribution in [2.75, 3.05) is 13.1 Å². The summed E-state index contributed by atoms with van der Waals surface area (Å²) < 4.78 is 0. The van der Waals surface area contributed by atoms with Gasteiger partial charge >= 0.3 is 0 Å². The van der Waals surface area contributed by atoms with Crippen molar-refractivity contribution in [2.45, 2.75) is 39.2 Å². The van der Waals surface area contributed by atoms with Crippen LogP contribution in [0.3, 0.4) is 0 Å². The van der Waals surface area contributed by atoms with Gasteiger partial charge < -0.3 is 0 Å². The van der Waals surface area contributed by atoms with Crippen LogP contribution in [0.25, 0.3) is 0 Å². The molecule has 0 aliphatic carbocycles. The van der Waals surface area contributed by atoms with Gasteiger partial charge in [0.05, 0.1) is 6.07 Å². The Morgan fingerprint density at radius 2 is 1.50 bits per heavy atom. The zero-order chi connectivity index (χ0) is 16.8. The molecule has 2 aromatic carbocycles. The molecule has 0 bridgehead atoms. The second kappa shape index (κ2) is 7.64. The van der Waals surface area contributed by atoms with Crippen molar-refractivity contribution in [3.63, 3.8) is 0 Å². The number of hydrogen-bond acceptors (Lipinski definition) is 2. The molecule has 0 radical (unpaired) electrons. The number of hydrogen-bond donors (Lipinski definition) is 0. The average molecular weight is 318 g/mol. The lowest BCUT2D eigenvalue weighted by Gasteiger charge is -2.38. The largest absolute Gasteiger partial charge is 0.299 e. The van der Waals surface area contributed by atoms with Gasteiger partial charge in [-0.25, -0.2) is 0 Å². The molecule has 1 saturated heterocycles. The Hall–Kier alpha value is -2.11. The molecule has 0 spiro atoms. The first-order valence-electron chi connectivity index (χ1n) is 8.88. The predicted molar refractivity (Wildman–Crippen MR) is 98.5 cm³/mol. The number of nitriles is 1. The Morgan fingerprint density at radius 1 is 0.917 bits per heavy atom. The van der Waals surface area contributed by atoms with Gasteiger partial charge in [-0.15, -0.1) is 0 Å². The lowest BCUT2D eigenvalue weighted by Crippen LogP contribution is -2.38. The minimum absolute atomic E-state index is 0.227. The number of likely N-dealkylation sites (tertiary alicyclic amines) is 1. The zero-order valence-corrected chi connectivity index (χ0v) is 14.5. The van der Waals surface area contributed by atoms with Crippen LogP contribution in [-0.2, 0) is 13.0 Å². The number of nitrogens with zero attached hydrogens (tertiary/aromatic N) is 2. The van der Waals surface area contributed by atoms with E-state index in [2.05, 4.69) is 72.5 Å². The van der Waals surface area contributed by atoms with Crippen molar-refractivity contribution in [3.8, 4) is 6.07 Å². The third-order valence-electron chi connectivity index (χ3n) is 5.25. The van der Waals surface area contributed by atoms with Crippen LogP contribution in [0.5, 0.6) is 0 Å². The van der Waals surface area contributed by atoms with Gasteiger partial charge in [0.2, 0.25) is 0 Å². The van der Waals surface area contributed by atoms with Crippen LogP contribution in [0.4, 0.5) is 0 Å². The first-order valence-corrected chi connectivity index (χ1v) is 8.88. The third kappa shape index (κ3) is 4.46. The minimum Gasteiger partial charge on any atom is -0.299 e. The predicted octanol–water partition coefficient (Wildman–Crippen LogP) is 4.79. The van der Waals surface area contributed by atoms with E-state index in [1.165, 1.54) is 16.7 Å². The highest BCUT2D eigenvalue weighted by Gasteiger charge is 2.29. The van der Waals surface area contributed by atoms with Crippen LogP contribution in [0.15, 0.2) is 54.6 Å². The van der Waals surface area contributed by atoms with E-state index in [9.17, 15) is 0 Å². The highest BCUT2D eigenvalue weighted by molar-refractivity contribution is 5.28. The summed E-state index contributed by atoms with van der Waals surface area (Å²) in [5.41, 5.74) is 4.34. The Bertz CT molecular complexity index is 674. The van der Waals surface area contributed by atoms with E-state index in [0.29, 0.717) is 6.42 Å². The van der Waals surface area contributed by atoms with E-state index in [4.69, 9.17) is 5.26 Å². The van der Waals surface area contributed by atoms with Crippen LogP contribution >= 0.6 is 0 Å². The second-order valence-corrected chi connectivity index (χ2v) is 7.40. The van der Waals surface area contributed by atoms with Crippen LogP contribution in [0.1, 0.15) is 42.9 Å². The Labute approximate surface area is 145 Å². The van der Waals surface area contributed by atoms with Gasteiger partial charge in [-0.2, -0.15) is 5.26 Å². The molecule has 0 amide bonds. The molecule has 124 valence electrons. The van der Waals surface area contributed by atoms with Crippen molar-refractivity contribution >= 4 is 0 Å². The second-order valence-electron chi connectivity index (χ2n) is 7.40. The Balaban J connectivity index is 1.53. The van der Waals surface area contributed by atoms with Crippen LogP contribution in [0.2, 0.25) is 0 Å². The fourth-order valence-corrected chi connectivity index (χ4v) is 3.47. The first-order chi connectivity index (χ1) is 11.7. The van der Waals surface area contributed by atoms with E-state index in [-0.39, 0.29) is 5.41 Å². The zero-order valence-electron chi connectivity index (χ0n) is 14.5. The van der Waals surface area contributed by atoms with Crippen molar-refractivity contribution in [2.24, 2.45) is 5.41 Å². The molecular formula is C22H26N2. The lowest BCUT2D eigenvalue weighted by molar-refractivity contribution is 0.116. The number of piperidine rings is 1. The topological polar surface area (TPSA) is 27.0 Å². The third-order valence-corrected chi connectivity index (χ3v) is 5.25. The van der Waals surface area contributed by atoms with Gasteiger partial charge in [0.1, 0.15) is 0 Å². The molecule has 1 aliphatic rings. The van der Waals surface area contributed by atoms with Crippen molar-refractivity contribution < 1.29 is 0 Å². The summed E-state index contributed by atoms with van der Waals surface area (Å²) in [6.07, 6.45) is 3.95. The normalized spacial score (nSPS) is 17.3. The molecule has 0 saturated carbocycles. The molecule has 2 aromatic rings. The summed E-state index contributed by atoms with van der Waals surface area (Å²) in [6, 6.07) is 22.0.